The molecule has 0 aromatic rings. The molecule has 1 saturated heterocycles. The Balaban J connectivity index is 2.17. The minimum atomic E-state index is -0.0703. The highest BCUT2D eigenvalue weighted by Crippen LogP contribution is 2.10. The third-order valence-electron chi connectivity index (χ3n) is 2.47. The Kier molecular flexibility index (Phi) is 3.98. The van der Waals surface area contributed by atoms with E-state index in [1.165, 1.54) is 0 Å². The van der Waals surface area contributed by atoms with Crippen molar-refractivity contribution in [1.82, 2.24) is 4.90 Å². The molecule has 72 valence electrons. The Morgan fingerprint density at radius 3 is 2.58 bits per heavy atom. The second kappa shape index (κ2) is 4.80. The van der Waals surface area contributed by atoms with Crippen LogP contribution < -0.4 is 0 Å². The maximum Gasteiger partial charge on any atom is 0.0670 e. The van der Waals surface area contributed by atoms with Gasteiger partial charge in [0.2, 0.25) is 0 Å². The summed E-state index contributed by atoms with van der Waals surface area (Å²) in [5.41, 5.74) is 0. The highest BCUT2D eigenvalue weighted by Gasteiger charge is 2.17. The van der Waals surface area contributed by atoms with Crippen LogP contribution in [0.3, 0.4) is 0 Å². The van der Waals surface area contributed by atoms with E-state index in [9.17, 15) is 5.11 Å². The lowest BCUT2D eigenvalue weighted by Gasteiger charge is -2.30. The first kappa shape index (κ1) is 9.96. The predicted molar refractivity (Wildman–Crippen MR) is 48.2 cm³/mol. The first-order chi connectivity index (χ1) is 5.72. The van der Waals surface area contributed by atoms with Gasteiger partial charge in [0, 0.05) is 26.7 Å². The SMILES string of the molecule is COC(C)CN1CCC(O)CC1. The van der Waals surface area contributed by atoms with Crippen molar-refractivity contribution in [2.45, 2.75) is 32.0 Å². The van der Waals surface area contributed by atoms with Gasteiger partial charge < -0.3 is 14.7 Å². The number of piperidine rings is 1. The fourth-order valence-corrected chi connectivity index (χ4v) is 1.54. The van der Waals surface area contributed by atoms with Gasteiger partial charge >= 0.3 is 0 Å². The first-order valence-corrected chi connectivity index (χ1v) is 4.65. The van der Waals surface area contributed by atoms with Crippen molar-refractivity contribution in [3.63, 3.8) is 0 Å². The molecule has 3 heteroatoms. The number of ether oxygens (including phenoxy) is 1. The molecular formula is C9H19NO2. The van der Waals surface area contributed by atoms with Crippen LogP contribution in [0.4, 0.5) is 0 Å². The fourth-order valence-electron chi connectivity index (χ4n) is 1.54. The van der Waals surface area contributed by atoms with E-state index in [1.807, 2.05) is 0 Å². The van der Waals surface area contributed by atoms with Crippen LogP contribution in [0.15, 0.2) is 0 Å². The summed E-state index contributed by atoms with van der Waals surface area (Å²) in [6, 6.07) is 0. The van der Waals surface area contributed by atoms with Crippen molar-refractivity contribution in [2.75, 3.05) is 26.7 Å². The van der Waals surface area contributed by atoms with Crippen molar-refractivity contribution in [3.8, 4) is 0 Å². The summed E-state index contributed by atoms with van der Waals surface area (Å²) in [5, 5.41) is 9.26. The van der Waals surface area contributed by atoms with E-state index in [2.05, 4.69) is 11.8 Å². The van der Waals surface area contributed by atoms with E-state index in [0.717, 1.165) is 32.5 Å². The molecule has 1 fully saturated rings. The molecule has 0 aliphatic carbocycles. The summed E-state index contributed by atoms with van der Waals surface area (Å²) in [6.07, 6.45) is 2.06. The Morgan fingerprint density at radius 1 is 1.50 bits per heavy atom. The van der Waals surface area contributed by atoms with Crippen LogP contribution in [0.25, 0.3) is 0 Å². The molecule has 0 radical (unpaired) electrons. The van der Waals surface area contributed by atoms with Gasteiger partial charge in [-0.1, -0.05) is 0 Å². The zero-order chi connectivity index (χ0) is 8.97. The molecule has 1 N–H and O–H groups in total. The van der Waals surface area contributed by atoms with Gasteiger partial charge in [0.05, 0.1) is 12.2 Å². The summed E-state index contributed by atoms with van der Waals surface area (Å²) in [5.74, 6) is 0. The molecule has 0 aromatic heterocycles. The average molecular weight is 173 g/mol. The Bertz CT molecular complexity index is 122. The van der Waals surface area contributed by atoms with Crippen LogP contribution in [-0.2, 0) is 4.74 Å². The summed E-state index contributed by atoms with van der Waals surface area (Å²) in [4.78, 5) is 2.35. The predicted octanol–water partition coefficient (Wildman–Crippen LogP) is 0.478. The van der Waals surface area contributed by atoms with Crippen molar-refractivity contribution in [2.24, 2.45) is 0 Å². The van der Waals surface area contributed by atoms with E-state index < -0.39 is 0 Å². The van der Waals surface area contributed by atoms with Gasteiger partial charge in [-0.25, -0.2) is 0 Å². The molecular weight excluding hydrogens is 154 g/mol. The van der Waals surface area contributed by atoms with Gasteiger partial charge in [-0.15, -0.1) is 0 Å². The number of aliphatic hydroxyl groups excluding tert-OH is 1. The molecule has 0 aromatic carbocycles. The lowest BCUT2D eigenvalue weighted by molar-refractivity contribution is 0.0385. The molecule has 1 heterocycles. The highest BCUT2D eigenvalue weighted by molar-refractivity contribution is 4.72. The molecule has 12 heavy (non-hydrogen) atoms. The van der Waals surface area contributed by atoms with Crippen LogP contribution in [0.2, 0.25) is 0 Å². The van der Waals surface area contributed by atoms with Gasteiger partial charge in [-0.05, 0) is 19.8 Å². The molecule has 0 saturated carbocycles. The third kappa shape index (κ3) is 3.09. The van der Waals surface area contributed by atoms with Crippen LogP contribution >= 0.6 is 0 Å². The number of likely N-dealkylation sites (tertiary alicyclic amines) is 1. The first-order valence-electron chi connectivity index (χ1n) is 4.65. The van der Waals surface area contributed by atoms with E-state index in [4.69, 9.17) is 4.74 Å². The van der Waals surface area contributed by atoms with Crippen molar-refractivity contribution >= 4 is 0 Å². The number of nitrogens with zero attached hydrogens (tertiary/aromatic N) is 1. The van der Waals surface area contributed by atoms with Crippen molar-refractivity contribution < 1.29 is 9.84 Å². The third-order valence-corrected chi connectivity index (χ3v) is 2.47. The summed E-state index contributed by atoms with van der Waals surface area (Å²) in [6.45, 7) is 5.08. The summed E-state index contributed by atoms with van der Waals surface area (Å²) >= 11 is 0. The number of rotatable bonds is 3. The Labute approximate surface area is 74.3 Å². The molecule has 0 amide bonds. The highest BCUT2D eigenvalue weighted by atomic mass is 16.5. The molecule has 0 spiro atoms. The Hall–Kier alpha value is -0.120. The average Bonchev–Trinajstić information content (AvgIpc) is 2.09. The zero-order valence-electron chi connectivity index (χ0n) is 7.99. The van der Waals surface area contributed by atoms with E-state index in [-0.39, 0.29) is 6.10 Å². The van der Waals surface area contributed by atoms with Crippen molar-refractivity contribution in [1.29, 1.82) is 0 Å². The van der Waals surface area contributed by atoms with Gasteiger partial charge in [0.15, 0.2) is 0 Å². The topological polar surface area (TPSA) is 32.7 Å². The lowest BCUT2D eigenvalue weighted by Crippen LogP contribution is -2.40. The number of hydrogen-bond donors (Lipinski definition) is 1. The zero-order valence-corrected chi connectivity index (χ0v) is 7.99. The standard InChI is InChI=1S/C9H19NO2/c1-8(12-2)7-10-5-3-9(11)4-6-10/h8-9,11H,3-7H2,1-2H3. The van der Waals surface area contributed by atoms with E-state index in [1.54, 1.807) is 7.11 Å². The molecule has 1 aliphatic rings. The largest absolute Gasteiger partial charge is 0.393 e. The van der Waals surface area contributed by atoms with Gasteiger partial charge in [-0.2, -0.15) is 0 Å². The van der Waals surface area contributed by atoms with Crippen molar-refractivity contribution in [3.05, 3.63) is 0 Å². The summed E-state index contributed by atoms with van der Waals surface area (Å²) in [7, 11) is 1.74. The van der Waals surface area contributed by atoms with Crippen LogP contribution in [0, 0.1) is 0 Å². The van der Waals surface area contributed by atoms with E-state index in [0.29, 0.717) is 6.10 Å². The second-order valence-electron chi connectivity index (χ2n) is 3.58. The molecule has 0 bridgehead atoms. The lowest BCUT2D eigenvalue weighted by atomic mass is 10.1. The Morgan fingerprint density at radius 2 is 2.08 bits per heavy atom. The van der Waals surface area contributed by atoms with Gasteiger partial charge in [0.1, 0.15) is 0 Å². The number of aliphatic hydroxyl groups is 1. The van der Waals surface area contributed by atoms with Crippen LogP contribution in [-0.4, -0.2) is 49.0 Å². The minimum absolute atomic E-state index is 0.0703. The normalized spacial score (nSPS) is 24.2. The molecule has 1 atom stereocenters. The van der Waals surface area contributed by atoms with Gasteiger partial charge in [-0.3, -0.25) is 0 Å². The molecule has 1 aliphatic heterocycles. The quantitative estimate of drug-likeness (QED) is 0.673. The minimum Gasteiger partial charge on any atom is -0.393 e. The molecule has 1 rings (SSSR count). The summed E-state index contributed by atoms with van der Waals surface area (Å²) < 4.78 is 5.18. The second-order valence-corrected chi connectivity index (χ2v) is 3.58. The maximum atomic E-state index is 9.26. The monoisotopic (exact) mass is 173 g/mol. The van der Waals surface area contributed by atoms with Crippen LogP contribution in [0.1, 0.15) is 19.8 Å². The molecule has 3 nitrogen and oxygen atoms in total. The van der Waals surface area contributed by atoms with Crippen LogP contribution in [0.5, 0.6) is 0 Å². The fraction of sp³-hybridized carbons (Fsp3) is 1.00. The maximum absolute atomic E-state index is 9.26. The smallest absolute Gasteiger partial charge is 0.0670 e. The molecule has 1 unspecified atom stereocenters. The van der Waals surface area contributed by atoms with Gasteiger partial charge in [0.25, 0.3) is 0 Å². The number of methoxy groups -OCH3 is 1. The van der Waals surface area contributed by atoms with E-state index >= 15 is 0 Å². The number of hydrogen-bond acceptors (Lipinski definition) is 3.